The molecule has 0 aliphatic heterocycles. The average Bonchev–Trinajstić information content (AvgIpc) is 2.79. The van der Waals surface area contributed by atoms with Crippen LogP contribution in [0.4, 0.5) is 26.3 Å². The van der Waals surface area contributed by atoms with Crippen molar-refractivity contribution in [1.82, 2.24) is 9.55 Å². The van der Waals surface area contributed by atoms with Crippen LogP contribution in [0.2, 0.25) is 0 Å². The molecule has 1 atom stereocenters. The maximum absolute atomic E-state index is 12.6. The number of alkyl halides is 6. The lowest BCUT2D eigenvalue weighted by molar-refractivity contribution is -0.206. The average molecular weight is 324 g/mol. The number of hydrogen-bond donors (Lipinski definition) is 1. The van der Waals surface area contributed by atoms with Crippen LogP contribution in [-0.2, 0) is 13.2 Å². The highest BCUT2D eigenvalue weighted by Gasteiger charge is 2.39. The Morgan fingerprint density at radius 2 is 1.59 bits per heavy atom. The van der Waals surface area contributed by atoms with Gasteiger partial charge in [-0.25, -0.2) is 4.98 Å². The summed E-state index contributed by atoms with van der Waals surface area (Å²) in [7, 11) is 1.34. The highest BCUT2D eigenvalue weighted by atomic mass is 19.4. The maximum Gasteiger partial charge on any atom is 0.434 e. The smallest absolute Gasteiger partial charge is 0.379 e. The molecule has 22 heavy (non-hydrogen) atoms. The number of halogens is 6. The third-order valence-electron chi connectivity index (χ3n) is 2.96. The summed E-state index contributed by atoms with van der Waals surface area (Å²) in [5, 5.41) is 9.09. The van der Waals surface area contributed by atoms with Crippen molar-refractivity contribution in [3.05, 3.63) is 41.7 Å². The number of aliphatic hydroxyl groups excluding tert-OH is 1. The van der Waals surface area contributed by atoms with Crippen LogP contribution in [0.25, 0.3) is 11.4 Å². The zero-order valence-corrected chi connectivity index (χ0v) is 11.1. The van der Waals surface area contributed by atoms with Crippen molar-refractivity contribution < 1.29 is 31.4 Å². The number of aryl methyl sites for hydroxylation is 1. The normalized spacial score (nSPS) is 14.2. The predicted molar refractivity (Wildman–Crippen MR) is 64.7 cm³/mol. The Kier molecular flexibility index (Phi) is 3.94. The van der Waals surface area contributed by atoms with Gasteiger partial charge in [0.25, 0.3) is 0 Å². The van der Waals surface area contributed by atoms with E-state index in [1.165, 1.54) is 19.2 Å². The highest BCUT2D eigenvalue weighted by Crippen LogP contribution is 2.34. The minimum absolute atomic E-state index is 0.0413. The quantitative estimate of drug-likeness (QED) is 0.856. The minimum Gasteiger partial charge on any atom is -0.379 e. The Bertz CT molecular complexity index is 657. The Morgan fingerprint density at radius 1 is 1.05 bits per heavy atom. The van der Waals surface area contributed by atoms with Crippen LogP contribution in [0.5, 0.6) is 0 Å². The van der Waals surface area contributed by atoms with Crippen LogP contribution in [0, 0.1) is 0 Å². The summed E-state index contributed by atoms with van der Waals surface area (Å²) in [6.45, 7) is 0. The monoisotopic (exact) mass is 324 g/mol. The van der Waals surface area contributed by atoms with E-state index in [4.69, 9.17) is 5.11 Å². The van der Waals surface area contributed by atoms with Crippen LogP contribution in [0.1, 0.15) is 17.4 Å². The molecule has 1 N–H and O–H groups in total. The summed E-state index contributed by atoms with van der Waals surface area (Å²) in [5.41, 5.74) is -1.29. The predicted octanol–water partition coefficient (Wildman–Crippen LogP) is 3.70. The summed E-state index contributed by atoms with van der Waals surface area (Å²) in [4.78, 5) is 3.43. The Morgan fingerprint density at radius 3 is 2.00 bits per heavy atom. The second kappa shape index (κ2) is 5.31. The van der Waals surface area contributed by atoms with Crippen LogP contribution in [-0.4, -0.2) is 20.8 Å². The van der Waals surface area contributed by atoms with E-state index < -0.39 is 29.7 Å². The zero-order chi connectivity index (χ0) is 16.7. The molecule has 2 rings (SSSR count). The van der Waals surface area contributed by atoms with Crippen LogP contribution < -0.4 is 0 Å². The highest BCUT2D eigenvalue weighted by molar-refractivity contribution is 5.56. The van der Waals surface area contributed by atoms with Gasteiger partial charge in [0.1, 0.15) is 5.82 Å². The zero-order valence-electron chi connectivity index (χ0n) is 11.1. The van der Waals surface area contributed by atoms with Crippen molar-refractivity contribution in [3.8, 4) is 11.4 Å². The number of nitrogens with zero attached hydrogens (tertiary/aromatic N) is 2. The Labute approximate surface area is 120 Å². The molecular formula is C13H10F6N2O. The van der Waals surface area contributed by atoms with Gasteiger partial charge in [0.05, 0.1) is 0 Å². The summed E-state index contributed by atoms with van der Waals surface area (Å²) in [6.07, 6.45) is -11.3. The first-order chi connectivity index (χ1) is 10.00. The van der Waals surface area contributed by atoms with Crippen molar-refractivity contribution in [2.45, 2.75) is 18.5 Å². The van der Waals surface area contributed by atoms with Gasteiger partial charge in [-0.2, -0.15) is 26.3 Å². The van der Waals surface area contributed by atoms with E-state index in [1.54, 1.807) is 0 Å². The maximum atomic E-state index is 12.6. The summed E-state index contributed by atoms with van der Waals surface area (Å²) in [5.74, 6) is -0.0413. The van der Waals surface area contributed by atoms with Crippen LogP contribution in [0.15, 0.2) is 30.5 Å². The van der Waals surface area contributed by atoms with Crippen molar-refractivity contribution in [2.24, 2.45) is 7.05 Å². The number of aromatic nitrogens is 2. The molecule has 0 bridgehead atoms. The Balaban J connectivity index is 2.34. The molecule has 1 unspecified atom stereocenters. The van der Waals surface area contributed by atoms with Gasteiger partial charge in [-0.05, 0) is 5.56 Å². The number of aliphatic hydroxyl groups is 1. The van der Waals surface area contributed by atoms with Gasteiger partial charge in [-0.1, -0.05) is 24.3 Å². The molecule has 2 aromatic rings. The van der Waals surface area contributed by atoms with E-state index in [0.29, 0.717) is 0 Å². The molecule has 1 heterocycles. The molecule has 1 aromatic heterocycles. The van der Waals surface area contributed by atoms with Gasteiger partial charge in [-0.3, -0.25) is 0 Å². The standard InChI is InChI=1S/C13H10F6N2O/c1-21-6-9(12(14,15)16)20-11(21)8-4-2-7(3-5-8)10(22)13(17,18)19/h2-6,10,22H,1H3. The van der Waals surface area contributed by atoms with E-state index in [0.717, 1.165) is 22.9 Å². The molecule has 0 saturated heterocycles. The fourth-order valence-corrected chi connectivity index (χ4v) is 1.87. The lowest BCUT2D eigenvalue weighted by atomic mass is 10.1. The fraction of sp³-hybridized carbons (Fsp3) is 0.308. The second-order valence-corrected chi connectivity index (χ2v) is 4.62. The van der Waals surface area contributed by atoms with Gasteiger partial charge >= 0.3 is 12.4 Å². The number of benzene rings is 1. The van der Waals surface area contributed by atoms with Crippen LogP contribution in [0.3, 0.4) is 0 Å². The molecule has 0 fully saturated rings. The van der Waals surface area contributed by atoms with E-state index in [-0.39, 0.29) is 11.4 Å². The van der Waals surface area contributed by atoms with Gasteiger partial charge in [0.15, 0.2) is 11.8 Å². The molecule has 3 nitrogen and oxygen atoms in total. The third kappa shape index (κ3) is 3.24. The van der Waals surface area contributed by atoms with Crippen molar-refractivity contribution in [2.75, 3.05) is 0 Å². The van der Waals surface area contributed by atoms with E-state index in [2.05, 4.69) is 4.98 Å². The van der Waals surface area contributed by atoms with Crippen molar-refractivity contribution >= 4 is 0 Å². The minimum atomic E-state index is -4.81. The van der Waals surface area contributed by atoms with Crippen LogP contribution >= 0.6 is 0 Å². The molecule has 0 aliphatic rings. The molecule has 0 spiro atoms. The van der Waals surface area contributed by atoms with Gasteiger partial charge < -0.3 is 9.67 Å². The second-order valence-electron chi connectivity index (χ2n) is 4.62. The largest absolute Gasteiger partial charge is 0.434 e. The van der Waals surface area contributed by atoms with E-state index in [1.807, 2.05) is 0 Å². The third-order valence-corrected chi connectivity index (χ3v) is 2.96. The topological polar surface area (TPSA) is 38.0 Å². The molecule has 0 amide bonds. The molecule has 0 radical (unpaired) electrons. The summed E-state index contributed by atoms with van der Waals surface area (Å²) in [6, 6.07) is 4.34. The van der Waals surface area contributed by atoms with Crippen molar-refractivity contribution in [1.29, 1.82) is 0 Å². The van der Waals surface area contributed by atoms with E-state index in [9.17, 15) is 26.3 Å². The molecular weight excluding hydrogens is 314 g/mol. The SMILES string of the molecule is Cn1cc(C(F)(F)F)nc1-c1ccc(C(O)C(F)(F)F)cc1. The first-order valence-electron chi connectivity index (χ1n) is 5.96. The number of rotatable bonds is 2. The van der Waals surface area contributed by atoms with Crippen molar-refractivity contribution in [3.63, 3.8) is 0 Å². The number of hydrogen-bond acceptors (Lipinski definition) is 2. The molecule has 0 aliphatic carbocycles. The fourth-order valence-electron chi connectivity index (χ4n) is 1.87. The lowest BCUT2D eigenvalue weighted by Crippen LogP contribution is -2.20. The molecule has 0 saturated carbocycles. The van der Waals surface area contributed by atoms with Gasteiger partial charge in [0, 0.05) is 18.8 Å². The molecule has 120 valence electrons. The molecule has 1 aromatic carbocycles. The molecule has 9 heteroatoms. The van der Waals surface area contributed by atoms with E-state index >= 15 is 0 Å². The first-order valence-corrected chi connectivity index (χ1v) is 5.96. The van der Waals surface area contributed by atoms with Gasteiger partial charge in [-0.15, -0.1) is 0 Å². The number of imidazole rings is 1. The lowest BCUT2D eigenvalue weighted by Gasteiger charge is -2.14. The summed E-state index contributed by atoms with van der Waals surface area (Å²) < 4.78 is 75.9. The first kappa shape index (κ1) is 16.3. The Hall–Kier alpha value is -2.03. The summed E-state index contributed by atoms with van der Waals surface area (Å²) >= 11 is 0. The van der Waals surface area contributed by atoms with Gasteiger partial charge in [0.2, 0.25) is 0 Å².